The van der Waals surface area contributed by atoms with Crippen molar-refractivity contribution in [2.24, 2.45) is 5.73 Å². The Hall–Kier alpha value is -2.13. The number of halogens is 1. The third-order valence-corrected chi connectivity index (χ3v) is 4.15. The second-order valence-corrected chi connectivity index (χ2v) is 5.37. The molecule has 2 atom stereocenters. The van der Waals surface area contributed by atoms with Gasteiger partial charge in [-0.25, -0.2) is 4.39 Å². The number of hydrogen-bond acceptors (Lipinski definition) is 2. The molecule has 2 N–H and O–H groups in total. The molecule has 1 aromatic heterocycles. The highest BCUT2D eigenvalue weighted by Crippen LogP contribution is 2.43. The minimum atomic E-state index is -0.257. The molecule has 1 heterocycles. The molecule has 100 valence electrons. The molecule has 0 amide bonds. The van der Waals surface area contributed by atoms with E-state index in [0.29, 0.717) is 5.58 Å². The van der Waals surface area contributed by atoms with Crippen molar-refractivity contribution in [2.75, 3.05) is 0 Å². The fourth-order valence-corrected chi connectivity index (χ4v) is 3.02. The molecule has 0 spiro atoms. The van der Waals surface area contributed by atoms with E-state index in [1.807, 2.05) is 18.2 Å². The predicted molar refractivity (Wildman–Crippen MR) is 76.0 cm³/mol. The summed E-state index contributed by atoms with van der Waals surface area (Å²) >= 11 is 0. The Balaban J connectivity index is 1.70. The summed E-state index contributed by atoms with van der Waals surface area (Å²) in [5.74, 6) is 0.758. The van der Waals surface area contributed by atoms with Crippen LogP contribution in [0, 0.1) is 5.82 Å². The second-order valence-electron chi connectivity index (χ2n) is 5.37. The zero-order chi connectivity index (χ0) is 13.7. The highest BCUT2D eigenvalue weighted by atomic mass is 19.1. The van der Waals surface area contributed by atoms with E-state index in [-0.39, 0.29) is 17.8 Å². The largest absolute Gasteiger partial charge is 0.459 e. The summed E-state index contributed by atoms with van der Waals surface area (Å²) in [6, 6.07) is 14.5. The summed E-state index contributed by atoms with van der Waals surface area (Å²) in [5, 5.41) is 0.767. The average Bonchev–Trinajstić information content (AvgIpc) is 2.83. The maximum Gasteiger partial charge on any atom is 0.134 e. The maximum absolute atomic E-state index is 13.2. The molecule has 1 aliphatic rings. The van der Waals surface area contributed by atoms with Gasteiger partial charge >= 0.3 is 0 Å². The van der Waals surface area contributed by atoms with Crippen LogP contribution >= 0.6 is 0 Å². The summed E-state index contributed by atoms with van der Waals surface area (Å²) in [4.78, 5) is 0. The molecule has 2 unspecified atom stereocenters. The van der Waals surface area contributed by atoms with Gasteiger partial charge in [-0.1, -0.05) is 24.3 Å². The van der Waals surface area contributed by atoms with E-state index in [9.17, 15) is 4.39 Å². The molecule has 0 radical (unpaired) electrons. The molecule has 0 aliphatic heterocycles. The van der Waals surface area contributed by atoms with Gasteiger partial charge in [-0.2, -0.15) is 0 Å². The lowest BCUT2D eigenvalue weighted by Gasteiger charge is -2.33. The summed E-state index contributed by atoms with van der Waals surface area (Å²) in [7, 11) is 0. The van der Waals surface area contributed by atoms with E-state index in [0.717, 1.165) is 17.6 Å². The minimum absolute atomic E-state index is 0.180. The van der Waals surface area contributed by atoms with Gasteiger partial charge in [0, 0.05) is 11.3 Å². The molecule has 1 aliphatic carbocycles. The first-order valence-corrected chi connectivity index (χ1v) is 6.75. The van der Waals surface area contributed by atoms with E-state index >= 15 is 0 Å². The lowest BCUT2D eigenvalue weighted by Crippen LogP contribution is -2.28. The van der Waals surface area contributed by atoms with Gasteiger partial charge < -0.3 is 10.2 Å². The molecule has 0 bridgehead atoms. The van der Waals surface area contributed by atoms with Crippen molar-refractivity contribution >= 4 is 11.0 Å². The number of furan rings is 1. The smallest absolute Gasteiger partial charge is 0.134 e. The Morgan fingerprint density at radius 3 is 2.85 bits per heavy atom. The van der Waals surface area contributed by atoms with Crippen molar-refractivity contribution in [2.45, 2.75) is 18.4 Å². The number of nitrogens with two attached hydrogens (primary N) is 1. The van der Waals surface area contributed by atoms with E-state index in [1.165, 1.54) is 23.3 Å². The van der Waals surface area contributed by atoms with E-state index in [1.54, 1.807) is 6.07 Å². The van der Waals surface area contributed by atoms with E-state index < -0.39 is 0 Å². The molecule has 0 saturated carbocycles. The van der Waals surface area contributed by atoms with Gasteiger partial charge in [-0.15, -0.1) is 0 Å². The van der Waals surface area contributed by atoms with Crippen LogP contribution in [0.3, 0.4) is 0 Å². The Bertz CT molecular complexity index is 793. The molecule has 3 heteroatoms. The van der Waals surface area contributed by atoms with Gasteiger partial charge in [-0.3, -0.25) is 0 Å². The number of fused-ring (bicyclic) bond motifs is 2. The van der Waals surface area contributed by atoms with Crippen LogP contribution in [0.2, 0.25) is 0 Å². The zero-order valence-corrected chi connectivity index (χ0v) is 10.8. The number of hydrogen-bond donors (Lipinski definition) is 1. The van der Waals surface area contributed by atoms with Crippen molar-refractivity contribution in [1.29, 1.82) is 0 Å². The Labute approximate surface area is 116 Å². The van der Waals surface area contributed by atoms with Crippen molar-refractivity contribution < 1.29 is 8.81 Å². The van der Waals surface area contributed by atoms with Gasteiger partial charge in [0.25, 0.3) is 0 Å². The lowest BCUT2D eigenvalue weighted by atomic mass is 9.73. The van der Waals surface area contributed by atoms with Crippen molar-refractivity contribution in [3.8, 4) is 0 Å². The van der Waals surface area contributed by atoms with Crippen LogP contribution in [-0.2, 0) is 6.42 Å². The van der Waals surface area contributed by atoms with Gasteiger partial charge in [-0.05, 0) is 41.8 Å². The van der Waals surface area contributed by atoms with Crippen LogP contribution in [0.5, 0.6) is 0 Å². The second kappa shape index (κ2) is 4.18. The Morgan fingerprint density at radius 2 is 2.00 bits per heavy atom. The number of benzene rings is 2. The Morgan fingerprint density at radius 1 is 1.15 bits per heavy atom. The highest BCUT2D eigenvalue weighted by molar-refractivity contribution is 5.78. The minimum Gasteiger partial charge on any atom is -0.459 e. The van der Waals surface area contributed by atoms with Crippen LogP contribution in [0.1, 0.15) is 28.8 Å². The molecule has 2 nitrogen and oxygen atoms in total. The molecule has 20 heavy (non-hydrogen) atoms. The quantitative estimate of drug-likeness (QED) is 0.764. The van der Waals surface area contributed by atoms with Crippen LogP contribution in [0.25, 0.3) is 11.0 Å². The van der Waals surface area contributed by atoms with Crippen LogP contribution in [0.15, 0.2) is 52.9 Å². The normalized spacial score (nSPS) is 18.6. The molecular weight excluding hydrogens is 253 g/mol. The zero-order valence-electron chi connectivity index (χ0n) is 10.8. The molecular formula is C17H14FNO. The molecule has 3 aromatic rings. The van der Waals surface area contributed by atoms with Gasteiger partial charge in [0.15, 0.2) is 0 Å². The fraction of sp³-hybridized carbons (Fsp3) is 0.176. The highest BCUT2D eigenvalue weighted by Gasteiger charge is 2.33. The molecule has 0 saturated heterocycles. The molecule has 4 rings (SSSR count). The summed E-state index contributed by atoms with van der Waals surface area (Å²) in [6.07, 6.45) is 0.975. The first kappa shape index (κ1) is 11.7. The summed E-state index contributed by atoms with van der Waals surface area (Å²) in [6.45, 7) is 0. The SMILES string of the molecule is NC(c1cc2cc(F)ccc2o1)C1Cc2ccccc21. The third-order valence-electron chi connectivity index (χ3n) is 4.15. The topological polar surface area (TPSA) is 39.2 Å². The first-order valence-electron chi connectivity index (χ1n) is 6.75. The third kappa shape index (κ3) is 1.67. The standard InChI is InChI=1S/C17H14FNO/c18-12-5-6-15-11(7-12)9-16(20-15)17(19)14-8-10-3-1-2-4-13(10)14/h1-7,9,14,17H,8,19H2. The fourth-order valence-electron chi connectivity index (χ4n) is 3.02. The van der Waals surface area contributed by atoms with Crippen molar-refractivity contribution in [3.05, 3.63) is 71.2 Å². The van der Waals surface area contributed by atoms with Gasteiger partial charge in [0.1, 0.15) is 17.2 Å². The van der Waals surface area contributed by atoms with Crippen molar-refractivity contribution in [1.82, 2.24) is 0 Å². The molecule has 2 aromatic carbocycles. The van der Waals surface area contributed by atoms with E-state index in [4.69, 9.17) is 10.2 Å². The molecule has 0 fully saturated rings. The Kier molecular flexibility index (Phi) is 2.44. The maximum atomic E-state index is 13.2. The van der Waals surface area contributed by atoms with Crippen LogP contribution < -0.4 is 5.73 Å². The van der Waals surface area contributed by atoms with Crippen molar-refractivity contribution in [3.63, 3.8) is 0 Å². The lowest BCUT2D eigenvalue weighted by molar-refractivity contribution is 0.417. The van der Waals surface area contributed by atoms with Gasteiger partial charge in [0.05, 0.1) is 6.04 Å². The first-order chi connectivity index (χ1) is 9.72. The van der Waals surface area contributed by atoms with Gasteiger partial charge in [0.2, 0.25) is 0 Å². The predicted octanol–water partition coefficient (Wildman–Crippen LogP) is 3.91. The summed E-state index contributed by atoms with van der Waals surface area (Å²) < 4.78 is 19.0. The van der Waals surface area contributed by atoms with Crippen LogP contribution in [0.4, 0.5) is 4.39 Å². The van der Waals surface area contributed by atoms with E-state index in [2.05, 4.69) is 12.1 Å². The monoisotopic (exact) mass is 267 g/mol. The van der Waals surface area contributed by atoms with Crippen LogP contribution in [-0.4, -0.2) is 0 Å². The summed E-state index contributed by atoms with van der Waals surface area (Å²) in [5.41, 5.74) is 9.67. The average molecular weight is 267 g/mol. The number of rotatable bonds is 2.